The Bertz CT molecular complexity index is 487. The number of rotatable bonds is 5. The first-order chi connectivity index (χ1) is 9.65. The van der Waals surface area contributed by atoms with Crippen molar-refractivity contribution in [2.45, 2.75) is 44.9 Å². The van der Waals surface area contributed by atoms with Crippen molar-refractivity contribution in [2.24, 2.45) is 11.8 Å². The average molecular weight is 292 g/mol. The number of carbonyl (C=O) groups excluding carboxylic acids is 1. The molecule has 20 heavy (non-hydrogen) atoms. The van der Waals surface area contributed by atoms with Gasteiger partial charge in [0.1, 0.15) is 0 Å². The fraction of sp³-hybridized carbons (Fsp3) is 0.688. The van der Waals surface area contributed by atoms with E-state index in [0.717, 1.165) is 35.2 Å². The van der Waals surface area contributed by atoms with E-state index in [1.54, 1.807) is 11.3 Å². The molecule has 1 heterocycles. The molecule has 0 aromatic carbocycles. The molecule has 2 N–H and O–H groups in total. The summed E-state index contributed by atoms with van der Waals surface area (Å²) in [6, 6.07) is 1.99. The summed E-state index contributed by atoms with van der Waals surface area (Å²) in [6.45, 7) is 1.09. The molecule has 0 spiro atoms. The average Bonchev–Trinajstić information content (AvgIpc) is 3.22. The molecular weight excluding hydrogens is 268 g/mol. The summed E-state index contributed by atoms with van der Waals surface area (Å²) in [7, 11) is 2.13. The highest BCUT2D eigenvalue weighted by molar-refractivity contribution is 7.18. The maximum Gasteiger partial charge on any atom is 0.178 e. The Morgan fingerprint density at radius 1 is 1.30 bits per heavy atom. The Kier molecular flexibility index (Phi) is 4.01. The number of thiophene rings is 1. The molecule has 4 heteroatoms. The van der Waals surface area contributed by atoms with Crippen molar-refractivity contribution < 1.29 is 4.79 Å². The largest absolute Gasteiger partial charge is 0.397 e. The second-order valence-electron chi connectivity index (χ2n) is 6.39. The highest BCUT2D eigenvalue weighted by Gasteiger charge is 2.33. The zero-order valence-electron chi connectivity index (χ0n) is 12.2. The van der Waals surface area contributed by atoms with Gasteiger partial charge >= 0.3 is 0 Å². The minimum absolute atomic E-state index is 0.257. The van der Waals surface area contributed by atoms with Gasteiger partial charge in [0.25, 0.3) is 0 Å². The van der Waals surface area contributed by atoms with E-state index in [0.29, 0.717) is 5.69 Å². The molecule has 110 valence electrons. The van der Waals surface area contributed by atoms with Crippen LogP contribution in [0.5, 0.6) is 0 Å². The highest BCUT2D eigenvalue weighted by atomic mass is 32.1. The lowest BCUT2D eigenvalue weighted by atomic mass is 9.89. The van der Waals surface area contributed by atoms with Gasteiger partial charge in [-0.15, -0.1) is 11.3 Å². The molecule has 3 rings (SSSR count). The lowest BCUT2D eigenvalue weighted by Crippen LogP contribution is -2.26. The quantitative estimate of drug-likeness (QED) is 0.836. The van der Waals surface area contributed by atoms with Gasteiger partial charge in [-0.25, -0.2) is 0 Å². The summed E-state index contributed by atoms with van der Waals surface area (Å²) in [6.07, 6.45) is 8.92. The van der Waals surface area contributed by atoms with Crippen LogP contribution in [0.15, 0.2) is 6.07 Å². The number of nitrogen functional groups attached to an aromatic ring is 1. The van der Waals surface area contributed by atoms with E-state index in [9.17, 15) is 4.79 Å². The van der Waals surface area contributed by atoms with Gasteiger partial charge in [0.15, 0.2) is 5.78 Å². The van der Waals surface area contributed by atoms with Crippen LogP contribution >= 0.6 is 11.3 Å². The molecule has 0 unspecified atom stereocenters. The maximum atomic E-state index is 12.2. The van der Waals surface area contributed by atoms with Gasteiger partial charge in [-0.05, 0) is 37.7 Å². The molecule has 0 amide bonds. The summed E-state index contributed by atoms with van der Waals surface area (Å²) >= 11 is 1.58. The van der Waals surface area contributed by atoms with E-state index >= 15 is 0 Å². The number of hydrogen-bond donors (Lipinski definition) is 1. The number of anilines is 2. The zero-order valence-corrected chi connectivity index (χ0v) is 13.0. The third-order valence-corrected chi connectivity index (χ3v) is 5.83. The van der Waals surface area contributed by atoms with Crippen LogP contribution in [-0.4, -0.2) is 19.4 Å². The molecule has 0 saturated heterocycles. The summed E-state index contributed by atoms with van der Waals surface area (Å²) in [5.74, 6) is 1.33. The van der Waals surface area contributed by atoms with E-state index in [2.05, 4.69) is 11.9 Å². The first kappa shape index (κ1) is 13.9. The van der Waals surface area contributed by atoms with Crippen molar-refractivity contribution in [3.8, 4) is 0 Å². The number of Topliss-reactive ketones (excluding diaryl/α,β-unsaturated/α-hetero) is 1. The van der Waals surface area contributed by atoms with E-state index in [1.165, 1.54) is 32.1 Å². The molecule has 1 aromatic heterocycles. The Balaban J connectivity index is 1.66. The lowest BCUT2D eigenvalue weighted by Gasteiger charge is -2.27. The Morgan fingerprint density at radius 2 is 2.00 bits per heavy atom. The fourth-order valence-electron chi connectivity index (χ4n) is 3.15. The molecule has 0 bridgehead atoms. The molecule has 2 saturated carbocycles. The Morgan fingerprint density at radius 3 is 2.65 bits per heavy atom. The van der Waals surface area contributed by atoms with Gasteiger partial charge in [0, 0.05) is 19.5 Å². The van der Waals surface area contributed by atoms with E-state index < -0.39 is 0 Å². The summed E-state index contributed by atoms with van der Waals surface area (Å²) in [4.78, 5) is 15.2. The van der Waals surface area contributed by atoms with Crippen LogP contribution in [0.4, 0.5) is 10.7 Å². The minimum Gasteiger partial charge on any atom is -0.397 e. The van der Waals surface area contributed by atoms with Crippen LogP contribution in [0.3, 0.4) is 0 Å². The van der Waals surface area contributed by atoms with Gasteiger partial charge < -0.3 is 10.6 Å². The maximum absolute atomic E-state index is 12.2. The smallest absolute Gasteiger partial charge is 0.178 e. The molecule has 2 aliphatic rings. The highest BCUT2D eigenvalue weighted by Crippen LogP contribution is 2.40. The SMILES string of the molecule is CN(CC1CCCCC1)c1cc(N)c(C(=O)C2CC2)s1. The second kappa shape index (κ2) is 5.76. The number of nitrogens with zero attached hydrogens (tertiary/aromatic N) is 1. The number of nitrogens with two attached hydrogens (primary N) is 1. The number of ketones is 1. The fourth-order valence-corrected chi connectivity index (χ4v) is 4.22. The van der Waals surface area contributed by atoms with Crippen LogP contribution in [0, 0.1) is 11.8 Å². The molecule has 3 nitrogen and oxygen atoms in total. The Labute approximate surface area is 125 Å². The van der Waals surface area contributed by atoms with E-state index in [1.807, 2.05) is 6.07 Å². The standard InChI is InChI=1S/C16H24N2OS/c1-18(10-11-5-3-2-4-6-11)14-9-13(17)16(20-14)15(19)12-7-8-12/h9,11-12H,2-8,10,17H2,1H3. The van der Waals surface area contributed by atoms with Crippen molar-refractivity contribution in [2.75, 3.05) is 24.2 Å². The predicted octanol–water partition coefficient (Wildman–Crippen LogP) is 3.94. The summed E-state index contributed by atoms with van der Waals surface area (Å²) < 4.78 is 0. The number of carbonyl (C=O) groups is 1. The van der Waals surface area contributed by atoms with Crippen molar-refractivity contribution >= 4 is 27.8 Å². The van der Waals surface area contributed by atoms with Crippen molar-refractivity contribution in [3.63, 3.8) is 0 Å². The molecule has 2 fully saturated rings. The molecule has 0 aliphatic heterocycles. The molecular formula is C16H24N2OS. The molecule has 0 radical (unpaired) electrons. The molecule has 1 aromatic rings. The second-order valence-corrected chi connectivity index (χ2v) is 7.42. The third kappa shape index (κ3) is 3.00. The number of hydrogen-bond acceptors (Lipinski definition) is 4. The van der Waals surface area contributed by atoms with Crippen molar-refractivity contribution in [1.29, 1.82) is 0 Å². The van der Waals surface area contributed by atoms with Crippen LogP contribution in [0.1, 0.15) is 54.6 Å². The van der Waals surface area contributed by atoms with Crippen molar-refractivity contribution in [3.05, 3.63) is 10.9 Å². The predicted molar refractivity (Wildman–Crippen MR) is 85.6 cm³/mol. The van der Waals surface area contributed by atoms with Crippen LogP contribution in [-0.2, 0) is 0 Å². The van der Waals surface area contributed by atoms with Crippen LogP contribution in [0.2, 0.25) is 0 Å². The normalized spacial score (nSPS) is 20.1. The third-order valence-electron chi connectivity index (χ3n) is 4.55. The first-order valence-corrected chi connectivity index (χ1v) is 8.61. The molecule has 2 aliphatic carbocycles. The van der Waals surface area contributed by atoms with Gasteiger partial charge in [0.05, 0.1) is 15.6 Å². The summed E-state index contributed by atoms with van der Waals surface area (Å²) in [5, 5.41) is 1.15. The Hall–Kier alpha value is -1.03. The lowest BCUT2D eigenvalue weighted by molar-refractivity contribution is 0.0972. The van der Waals surface area contributed by atoms with Crippen LogP contribution < -0.4 is 10.6 Å². The summed E-state index contributed by atoms with van der Waals surface area (Å²) in [5.41, 5.74) is 6.72. The monoisotopic (exact) mass is 292 g/mol. The minimum atomic E-state index is 0.257. The van der Waals surface area contributed by atoms with E-state index in [4.69, 9.17) is 5.73 Å². The first-order valence-electron chi connectivity index (χ1n) is 7.80. The van der Waals surface area contributed by atoms with Gasteiger partial charge in [-0.2, -0.15) is 0 Å². The molecule has 0 atom stereocenters. The van der Waals surface area contributed by atoms with Gasteiger partial charge in [-0.3, -0.25) is 4.79 Å². The topological polar surface area (TPSA) is 46.3 Å². The van der Waals surface area contributed by atoms with Gasteiger partial charge in [-0.1, -0.05) is 19.3 Å². The van der Waals surface area contributed by atoms with Crippen molar-refractivity contribution in [1.82, 2.24) is 0 Å². The van der Waals surface area contributed by atoms with E-state index in [-0.39, 0.29) is 11.7 Å². The van der Waals surface area contributed by atoms with Crippen LogP contribution in [0.25, 0.3) is 0 Å². The van der Waals surface area contributed by atoms with Gasteiger partial charge in [0.2, 0.25) is 0 Å². The zero-order chi connectivity index (χ0) is 14.1.